The predicted octanol–water partition coefficient (Wildman–Crippen LogP) is 2.80. The van der Waals surface area contributed by atoms with E-state index in [0.29, 0.717) is 16.3 Å². The van der Waals surface area contributed by atoms with Crippen LogP contribution in [0.3, 0.4) is 0 Å². The number of carbonyl (C=O) groups is 3. The molecule has 1 saturated heterocycles. The van der Waals surface area contributed by atoms with Crippen molar-refractivity contribution < 1.29 is 22.8 Å². The minimum absolute atomic E-state index is 0.104. The van der Waals surface area contributed by atoms with Crippen molar-refractivity contribution in [3.8, 4) is 0 Å². The van der Waals surface area contributed by atoms with Crippen LogP contribution < -0.4 is 10.6 Å². The first-order valence-corrected chi connectivity index (χ1v) is 11.3. The molecule has 0 unspecified atom stereocenters. The van der Waals surface area contributed by atoms with Gasteiger partial charge in [-0.1, -0.05) is 29.3 Å². The van der Waals surface area contributed by atoms with E-state index < -0.39 is 39.8 Å². The van der Waals surface area contributed by atoms with Crippen molar-refractivity contribution in [1.29, 1.82) is 0 Å². The SMILES string of the molecule is C[C@@]1(c2ccc(Cl)c(Cl)c2)NC(=O)N(CC(=O)Nc2ccc(S(C)(=O)=O)cc2)C1=O. The number of rotatable bonds is 5. The van der Waals surface area contributed by atoms with Crippen LogP contribution in [0, 0.1) is 0 Å². The van der Waals surface area contributed by atoms with Gasteiger partial charge in [0, 0.05) is 11.9 Å². The molecule has 3 rings (SSSR count). The summed E-state index contributed by atoms with van der Waals surface area (Å²) in [6, 6.07) is 9.37. The van der Waals surface area contributed by atoms with E-state index in [2.05, 4.69) is 10.6 Å². The molecule has 1 atom stereocenters. The molecule has 0 spiro atoms. The summed E-state index contributed by atoms with van der Waals surface area (Å²) in [7, 11) is -3.36. The molecule has 0 aromatic heterocycles. The van der Waals surface area contributed by atoms with E-state index in [1.54, 1.807) is 6.07 Å². The van der Waals surface area contributed by atoms with Crippen LogP contribution >= 0.6 is 23.2 Å². The Hall–Kier alpha value is -2.62. The van der Waals surface area contributed by atoms with Crippen molar-refractivity contribution in [2.45, 2.75) is 17.4 Å². The summed E-state index contributed by atoms with van der Waals surface area (Å²) >= 11 is 11.9. The molecule has 2 aromatic rings. The first-order valence-electron chi connectivity index (χ1n) is 8.61. The summed E-state index contributed by atoms with van der Waals surface area (Å²) in [4.78, 5) is 38.5. The topological polar surface area (TPSA) is 113 Å². The van der Waals surface area contributed by atoms with E-state index >= 15 is 0 Å². The number of urea groups is 1. The lowest BCUT2D eigenvalue weighted by atomic mass is 9.92. The zero-order valence-corrected chi connectivity index (χ0v) is 18.2. The molecule has 11 heteroatoms. The standard InChI is InChI=1S/C19H17Cl2N3O5S/c1-19(11-3-8-14(20)15(21)9-11)17(26)24(18(27)23-19)10-16(25)22-12-4-6-13(7-5-12)30(2,28)29/h3-9H,10H2,1-2H3,(H,22,25)(H,23,27)/t19-/m0/s1. The Balaban J connectivity index is 1.73. The van der Waals surface area contributed by atoms with Gasteiger partial charge < -0.3 is 10.6 Å². The monoisotopic (exact) mass is 469 g/mol. The van der Waals surface area contributed by atoms with E-state index in [-0.39, 0.29) is 9.92 Å². The number of imide groups is 1. The lowest BCUT2D eigenvalue weighted by Gasteiger charge is -2.22. The van der Waals surface area contributed by atoms with Gasteiger partial charge in [0.2, 0.25) is 5.91 Å². The van der Waals surface area contributed by atoms with Crippen molar-refractivity contribution in [3.05, 3.63) is 58.1 Å². The van der Waals surface area contributed by atoms with E-state index in [0.717, 1.165) is 11.2 Å². The fourth-order valence-corrected chi connectivity index (χ4v) is 3.90. The number of amides is 4. The average molecular weight is 470 g/mol. The molecular formula is C19H17Cl2N3O5S. The van der Waals surface area contributed by atoms with Crippen molar-refractivity contribution in [2.75, 3.05) is 18.1 Å². The normalized spacial score (nSPS) is 19.0. The second-order valence-corrected chi connectivity index (χ2v) is 9.75. The highest BCUT2D eigenvalue weighted by atomic mass is 35.5. The third kappa shape index (κ3) is 4.28. The lowest BCUT2D eigenvalue weighted by Crippen LogP contribution is -2.42. The number of hydrogen-bond donors (Lipinski definition) is 2. The van der Waals surface area contributed by atoms with E-state index in [9.17, 15) is 22.8 Å². The van der Waals surface area contributed by atoms with Crippen molar-refractivity contribution in [3.63, 3.8) is 0 Å². The Kier molecular flexibility index (Phi) is 5.81. The quantitative estimate of drug-likeness (QED) is 0.653. The number of nitrogens with zero attached hydrogens (tertiary/aromatic N) is 1. The molecule has 2 aromatic carbocycles. The molecule has 1 fully saturated rings. The Labute approximate surface area is 183 Å². The van der Waals surface area contributed by atoms with Crippen LogP contribution in [0.25, 0.3) is 0 Å². The molecule has 0 saturated carbocycles. The molecule has 30 heavy (non-hydrogen) atoms. The fraction of sp³-hybridized carbons (Fsp3) is 0.211. The van der Waals surface area contributed by atoms with E-state index in [1.165, 1.54) is 43.3 Å². The molecule has 2 N–H and O–H groups in total. The molecular weight excluding hydrogens is 453 g/mol. The molecule has 1 heterocycles. The van der Waals surface area contributed by atoms with Gasteiger partial charge in [0.05, 0.1) is 14.9 Å². The first kappa shape index (κ1) is 22.1. The maximum atomic E-state index is 12.9. The van der Waals surface area contributed by atoms with E-state index in [4.69, 9.17) is 23.2 Å². The minimum Gasteiger partial charge on any atom is -0.325 e. The molecule has 0 aliphatic carbocycles. The van der Waals surface area contributed by atoms with Crippen LogP contribution in [-0.2, 0) is 25.0 Å². The number of carbonyl (C=O) groups excluding carboxylic acids is 3. The number of hydrogen-bond acceptors (Lipinski definition) is 5. The fourth-order valence-electron chi connectivity index (χ4n) is 2.97. The molecule has 1 aliphatic heterocycles. The van der Waals surface area contributed by atoms with Gasteiger partial charge in [-0.3, -0.25) is 14.5 Å². The average Bonchev–Trinajstić information content (AvgIpc) is 2.87. The van der Waals surface area contributed by atoms with Crippen molar-refractivity contribution in [2.24, 2.45) is 0 Å². The van der Waals surface area contributed by atoms with Crippen molar-refractivity contribution >= 4 is 56.6 Å². The summed E-state index contributed by atoms with van der Waals surface area (Å²) in [5, 5.41) is 5.63. The number of halogens is 2. The summed E-state index contributed by atoms with van der Waals surface area (Å²) in [6.45, 7) is 0.990. The van der Waals surface area contributed by atoms with E-state index in [1.807, 2.05) is 0 Å². The van der Waals surface area contributed by atoms with Gasteiger partial charge in [-0.15, -0.1) is 0 Å². The molecule has 1 aliphatic rings. The van der Waals surface area contributed by atoms with Crippen molar-refractivity contribution in [1.82, 2.24) is 10.2 Å². The highest BCUT2D eigenvalue weighted by Crippen LogP contribution is 2.33. The largest absolute Gasteiger partial charge is 0.325 e. The third-order valence-electron chi connectivity index (χ3n) is 4.64. The zero-order chi connectivity index (χ0) is 22.3. The lowest BCUT2D eigenvalue weighted by molar-refractivity contribution is -0.133. The molecule has 0 bridgehead atoms. The zero-order valence-electron chi connectivity index (χ0n) is 15.9. The van der Waals surface area contributed by atoms with Gasteiger partial charge in [-0.25, -0.2) is 13.2 Å². The molecule has 158 valence electrons. The highest BCUT2D eigenvalue weighted by molar-refractivity contribution is 7.90. The third-order valence-corrected chi connectivity index (χ3v) is 6.51. The number of sulfone groups is 1. The second kappa shape index (κ2) is 7.90. The number of benzene rings is 2. The summed E-state index contributed by atoms with van der Waals surface area (Å²) in [5.41, 5.74) is -0.649. The van der Waals surface area contributed by atoms with Gasteiger partial charge in [0.15, 0.2) is 9.84 Å². The van der Waals surface area contributed by atoms with Gasteiger partial charge in [0.25, 0.3) is 5.91 Å². The molecule has 0 radical (unpaired) electrons. The van der Waals surface area contributed by atoms with Crippen LogP contribution in [0.2, 0.25) is 10.0 Å². The Morgan fingerprint density at radius 2 is 1.73 bits per heavy atom. The minimum atomic E-state index is -3.36. The van der Waals surface area contributed by atoms with Gasteiger partial charge in [-0.2, -0.15) is 0 Å². The number of anilines is 1. The van der Waals surface area contributed by atoms with Crippen LogP contribution in [0.15, 0.2) is 47.4 Å². The van der Waals surface area contributed by atoms with Crippen LogP contribution in [0.1, 0.15) is 12.5 Å². The van der Waals surface area contributed by atoms with Gasteiger partial charge in [0.1, 0.15) is 12.1 Å². The molecule has 4 amide bonds. The highest BCUT2D eigenvalue weighted by Gasteiger charge is 2.49. The maximum Gasteiger partial charge on any atom is 0.325 e. The predicted molar refractivity (Wildman–Crippen MR) is 112 cm³/mol. The van der Waals surface area contributed by atoms with Crippen LogP contribution in [-0.4, -0.2) is 44.0 Å². The van der Waals surface area contributed by atoms with Gasteiger partial charge in [-0.05, 0) is 48.9 Å². The number of nitrogens with one attached hydrogen (secondary N) is 2. The second-order valence-electron chi connectivity index (χ2n) is 6.92. The smallest absolute Gasteiger partial charge is 0.325 e. The van der Waals surface area contributed by atoms with Crippen LogP contribution in [0.4, 0.5) is 10.5 Å². The van der Waals surface area contributed by atoms with Crippen LogP contribution in [0.5, 0.6) is 0 Å². The summed E-state index contributed by atoms with van der Waals surface area (Å²) < 4.78 is 23.0. The summed E-state index contributed by atoms with van der Waals surface area (Å²) in [6.07, 6.45) is 1.07. The maximum absolute atomic E-state index is 12.9. The molecule has 8 nitrogen and oxygen atoms in total. The Bertz CT molecular complexity index is 1150. The first-order chi connectivity index (χ1) is 13.9. The Morgan fingerprint density at radius 3 is 2.30 bits per heavy atom. The van der Waals surface area contributed by atoms with Gasteiger partial charge >= 0.3 is 6.03 Å². The Morgan fingerprint density at radius 1 is 1.10 bits per heavy atom. The summed E-state index contributed by atoms with van der Waals surface area (Å²) in [5.74, 6) is -1.24.